The highest BCUT2D eigenvalue weighted by molar-refractivity contribution is 6.04. The zero-order valence-corrected chi connectivity index (χ0v) is 12.4. The first kappa shape index (κ1) is 14.3. The van der Waals surface area contributed by atoms with Crippen molar-refractivity contribution in [2.75, 3.05) is 0 Å². The molecule has 0 aliphatic carbocycles. The number of hydrogen-bond acceptors (Lipinski definition) is 4. The molecule has 0 spiro atoms. The standard InChI is InChI=1S/C16H17N3O3/c1-10(2)13-15(20)19(16(21)18-13)8-12-9-22-14(17-12)11-6-4-3-5-7-11/h3-7,9-10,13H,8H2,1-2H3,(H,18,21)/t13-/m0/s1. The lowest BCUT2D eigenvalue weighted by Crippen LogP contribution is -2.34. The Morgan fingerprint density at radius 1 is 1.27 bits per heavy atom. The molecule has 1 aromatic carbocycles. The third kappa shape index (κ3) is 2.59. The number of rotatable bonds is 4. The Morgan fingerprint density at radius 3 is 2.64 bits per heavy atom. The number of hydrogen-bond donors (Lipinski definition) is 1. The van der Waals surface area contributed by atoms with Gasteiger partial charge < -0.3 is 9.73 Å². The van der Waals surface area contributed by atoms with Crippen LogP contribution in [0.1, 0.15) is 19.5 Å². The SMILES string of the molecule is CC(C)[C@@H]1NC(=O)N(Cc2coc(-c3ccccc3)n2)C1=O. The van der Waals surface area contributed by atoms with Crippen LogP contribution in [0.2, 0.25) is 0 Å². The maximum atomic E-state index is 12.2. The number of amides is 3. The molecule has 0 bridgehead atoms. The van der Waals surface area contributed by atoms with Gasteiger partial charge in [-0.25, -0.2) is 9.78 Å². The summed E-state index contributed by atoms with van der Waals surface area (Å²) in [6.45, 7) is 3.91. The lowest BCUT2D eigenvalue weighted by molar-refractivity contribution is -0.128. The number of nitrogens with one attached hydrogen (secondary N) is 1. The van der Waals surface area contributed by atoms with E-state index in [1.54, 1.807) is 0 Å². The van der Waals surface area contributed by atoms with Crippen molar-refractivity contribution in [2.24, 2.45) is 5.92 Å². The van der Waals surface area contributed by atoms with Crippen LogP contribution in [0.3, 0.4) is 0 Å². The summed E-state index contributed by atoms with van der Waals surface area (Å²) in [6.07, 6.45) is 1.48. The van der Waals surface area contributed by atoms with Gasteiger partial charge in [-0.1, -0.05) is 32.0 Å². The number of carbonyl (C=O) groups excluding carboxylic acids is 2. The Labute approximate surface area is 128 Å². The lowest BCUT2D eigenvalue weighted by atomic mass is 10.1. The highest BCUT2D eigenvalue weighted by Gasteiger charge is 2.39. The predicted octanol–water partition coefficient (Wildman–Crippen LogP) is 2.42. The first-order chi connectivity index (χ1) is 10.6. The van der Waals surface area contributed by atoms with Crippen LogP contribution in [0.25, 0.3) is 11.5 Å². The van der Waals surface area contributed by atoms with E-state index in [-0.39, 0.29) is 24.4 Å². The molecule has 1 aromatic heterocycles. The van der Waals surface area contributed by atoms with Crippen molar-refractivity contribution in [3.63, 3.8) is 0 Å². The lowest BCUT2D eigenvalue weighted by Gasteiger charge is -2.12. The van der Waals surface area contributed by atoms with Crippen LogP contribution in [-0.2, 0) is 11.3 Å². The van der Waals surface area contributed by atoms with Gasteiger partial charge in [0.1, 0.15) is 12.3 Å². The zero-order chi connectivity index (χ0) is 15.7. The number of nitrogens with zero attached hydrogens (tertiary/aromatic N) is 2. The molecule has 1 N–H and O–H groups in total. The largest absolute Gasteiger partial charge is 0.444 e. The molecule has 114 valence electrons. The van der Waals surface area contributed by atoms with E-state index in [1.165, 1.54) is 11.2 Å². The summed E-state index contributed by atoms with van der Waals surface area (Å²) >= 11 is 0. The van der Waals surface area contributed by atoms with Gasteiger partial charge in [0.15, 0.2) is 0 Å². The van der Waals surface area contributed by atoms with Crippen molar-refractivity contribution < 1.29 is 14.0 Å². The topological polar surface area (TPSA) is 75.4 Å². The Morgan fingerprint density at radius 2 is 2.00 bits per heavy atom. The zero-order valence-electron chi connectivity index (χ0n) is 12.4. The third-order valence-electron chi connectivity index (χ3n) is 3.62. The summed E-state index contributed by atoms with van der Waals surface area (Å²) in [5.41, 5.74) is 1.40. The van der Waals surface area contributed by atoms with Crippen molar-refractivity contribution in [2.45, 2.75) is 26.4 Å². The molecule has 1 fully saturated rings. The van der Waals surface area contributed by atoms with E-state index in [9.17, 15) is 9.59 Å². The molecule has 0 unspecified atom stereocenters. The van der Waals surface area contributed by atoms with Crippen LogP contribution in [0.15, 0.2) is 41.0 Å². The van der Waals surface area contributed by atoms with Crippen LogP contribution in [0.5, 0.6) is 0 Å². The first-order valence-corrected chi connectivity index (χ1v) is 7.18. The summed E-state index contributed by atoms with van der Waals surface area (Å²) in [6, 6.07) is 8.62. The average molecular weight is 299 g/mol. The Kier molecular flexibility index (Phi) is 3.66. The number of oxazole rings is 1. The van der Waals surface area contributed by atoms with Crippen molar-refractivity contribution >= 4 is 11.9 Å². The quantitative estimate of drug-likeness (QED) is 0.880. The van der Waals surface area contributed by atoms with Gasteiger partial charge in [-0.05, 0) is 18.1 Å². The van der Waals surface area contributed by atoms with Crippen LogP contribution >= 0.6 is 0 Å². The molecule has 1 saturated heterocycles. The second-order valence-corrected chi connectivity index (χ2v) is 5.61. The second-order valence-electron chi connectivity index (χ2n) is 5.61. The highest BCUT2D eigenvalue weighted by Crippen LogP contribution is 2.20. The fourth-order valence-corrected chi connectivity index (χ4v) is 2.40. The van der Waals surface area contributed by atoms with Crippen LogP contribution < -0.4 is 5.32 Å². The molecule has 6 nitrogen and oxygen atoms in total. The molecule has 2 aromatic rings. The normalized spacial score (nSPS) is 18.1. The molecule has 1 aliphatic rings. The van der Waals surface area contributed by atoms with E-state index in [1.807, 2.05) is 44.2 Å². The minimum absolute atomic E-state index is 0.0543. The van der Waals surface area contributed by atoms with E-state index in [0.717, 1.165) is 5.56 Å². The Balaban J connectivity index is 1.76. The van der Waals surface area contributed by atoms with Gasteiger partial charge in [-0.3, -0.25) is 9.69 Å². The molecule has 22 heavy (non-hydrogen) atoms. The minimum atomic E-state index is -0.465. The van der Waals surface area contributed by atoms with Crippen molar-refractivity contribution in [1.82, 2.24) is 15.2 Å². The van der Waals surface area contributed by atoms with Crippen LogP contribution in [-0.4, -0.2) is 27.9 Å². The van der Waals surface area contributed by atoms with Crippen LogP contribution in [0, 0.1) is 5.92 Å². The number of imide groups is 1. The van der Waals surface area contributed by atoms with E-state index in [4.69, 9.17) is 4.42 Å². The van der Waals surface area contributed by atoms with Crippen LogP contribution in [0.4, 0.5) is 4.79 Å². The Hall–Kier alpha value is -2.63. The van der Waals surface area contributed by atoms with E-state index in [0.29, 0.717) is 11.6 Å². The van der Waals surface area contributed by atoms with Crippen molar-refractivity contribution in [1.29, 1.82) is 0 Å². The summed E-state index contributed by atoms with van der Waals surface area (Å²) in [4.78, 5) is 29.7. The summed E-state index contributed by atoms with van der Waals surface area (Å²) in [5, 5.41) is 2.69. The monoisotopic (exact) mass is 299 g/mol. The van der Waals surface area contributed by atoms with Gasteiger partial charge in [-0.15, -0.1) is 0 Å². The fourth-order valence-electron chi connectivity index (χ4n) is 2.40. The van der Waals surface area contributed by atoms with Crippen molar-refractivity contribution in [3.05, 3.63) is 42.3 Å². The fraction of sp³-hybridized carbons (Fsp3) is 0.312. The molecule has 6 heteroatoms. The number of carbonyl (C=O) groups is 2. The summed E-state index contributed by atoms with van der Waals surface area (Å²) in [7, 11) is 0. The molecule has 0 saturated carbocycles. The predicted molar refractivity (Wildman–Crippen MR) is 79.6 cm³/mol. The molecule has 3 rings (SSSR count). The van der Waals surface area contributed by atoms with Gasteiger partial charge in [0.25, 0.3) is 5.91 Å². The summed E-state index contributed by atoms with van der Waals surface area (Å²) < 4.78 is 5.42. The summed E-state index contributed by atoms with van der Waals surface area (Å²) in [5.74, 6) is 0.311. The van der Waals surface area contributed by atoms with Gasteiger partial charge in [0.2, 0.25) is 5.89 Å². The molecular weight excluding hydrogens is 282 g/mol. The van der Waals surface area contributed by atoms with Gasteiger partial charge in [-0.2, -0.15) is 0 Å². The molecule has 3 amide bonds. The molecule has 0 radical (unpaired) electrons. The van der Waals surface area contributed by atoms with Gasteiger partial charge in [0.05, 0.1) is 12.2 Å². The Bertz CT molecular complexity index is 694. The molecule has 1 aliphatic heterocycles. The smallest absolute Gasteiger partial charge is 0.325 e. The minimum Gasteiger partial charge on any atom is -0.444 e. The van der Waals surface area contributed by atoms with E-state index < -0.39 is 6.04 Å². The van der Waals surface area contributed by atoms with E-state index >= 15 is 0 Å². The van der Waals surface area contributed by atoms with Crippen molar-refractivity contribution in [3.8, 4) is 11.5 Å². The average Bonchev–Trinajstić information content (AvgIpc) is 3.08. The van der Waals surface area contributed by atoms with E-state index in [2.05, 4.69) is 10.3 Å². The maximum Gasteiger partial charge on any atom is 0.325 e. The number of aromatic nitrogens is 1. The third-order valence-corrected chi connectivity index (χ3v) is 3.62. The number of benzene rings is 1. The maximum absolute atomic E-state index is 12.2. The molecular formula is C16H17N3O3. The molecule has 2 heterocycles. The first-order valence-electron chi connectivity index (χ1n) is 7.18. The van der Waals surface area contributed by atoms with Gasteiger partial charge in [0, 0.05) is 5.56 Å². The highest BCUT2D eigenvalue weighted by atomic mass is 16.3. The second kappa shape index (κ2) is 5.63. The molecule has 1 atom stereocenters. The number of urea groups is 1. The van der Waals surface area contributed by atoms with Gasteiger partial charge >= 0.3 is 6.03 Å².